The SMILES string of the molecule is CC.Cc1cnc(C2(NC(=O)C3(NC(=O)OC(C)(C)C)CC3)CC2)nc1. The van der Waals surface area contributed by atoms with Gasteiger partial charge in [-0.3, -0.25) is 4.79 Å². The number of alkyl carbamates (subject to hydrolysis) is 1. The fourth-order valence-electron chi connectivity index (χ4n) is 2.54. The van der Waals surface area contributed by atoms with Crippen LogP contribution in [-0.4, -0.2) is 33.1 Å². The van der Waals surface area contributed by atoms with E-state index in [4.69, 9.17) is 4.74 Å². The minimum Gasteiger partial charge on any atom is -0.444 e. The van der Waals surface area contributed by atoms with E-state index >= 15 is 0 Å². The lowest BCUT2D eigenvalue weighted by Crippen LogP contribution is -2.52. The van der Waals surface area contributed by atoms with Gasteiger partial charge < -0.3 is 15.4 Å². The molecule has 0 radical (unpaired) electrons. The molecule has 2 fully saturated rings. The van der Waals surface area contributed by atoms with E-state index in [2.05, 4.69) is 20.6 Å². The molecule has 7 heteroatoms. The van der Waals surface area contributed by atoms with Crippen LogP contribution in [0.25, 0.3) is 0 Å². The zero-order valence-electron chi connectivity index (χ0n) is 16.6. The zero-order chi connectivity index (χ0) is 19.6. The first-order valence-corrected chi connectivity index (χ1v) is 9.27. The number of nitrogens with one attached hydrogen (secondary N) is 2. The van der Waals surface area contributed by atoms with Gasteiger partial charge in [0.2, 0.25) is 5.91 Å². The summed E-state index contributed by atoms with van der Waals surface area (Å²) in [6.07, 6.45) is 5.79. The molecule has 0 bridgehead atoms. The molecule has 0 atom stereocenters. The van der Waals surface area contributed by atoms with Crippen molar-refractivity contribution in [2.75, 3.05) is 0 Å². The maximum atomic E-state index is 12.7. The van der Waals surface area contributed by atoms with Crippen LogP contribution >= 0.6 is 0 Å². The lowest BCUT2D eigenvalue weighted by molar-refractivity contribution is -0.125. The second kappa shape index (κ2) is 7.21. The number of hydrogen-bond acceptors (Lipinski definition) is 5. The Morgan fingerprint density at radius 2 is 1.58 bits per heavy atom. The molecular formula is C19H30N4O3. The summed E-state index contributed by atoms with van der Waals surface area (Å²) in [6, 6.07) is 0. The van der Waals surface area contributed by atoms with Crippen molar-refractivity contribution >= 4 is 12.0 Å². The minimum absolute atomic E-state index is 0.185. The largest absolute Gasteiger partial charge is 0.444 e. The third-order valence-electron chi connectivity index (χ3n) is 4.24. The Hall–Kier alpha value is -2.18. The zero-order valence-corrected chi connectivity index (χ0v) is 16.6. The van der Waals surface area contributed by atoms with Crippen molar-refractivity contribution in [2.24, 2.45) is 0 Å². The molecule has 0 unspecified atom stereocenters. The average molecular weight is 362 g/mol. The molecule has 1 aromatic rings. The summed E-state index contributed by atoms with van der Waals surface area (Å²) in [6.45, 7) is 11.3. The quantitative estimate of drug-likeness (QED) is 0.859. The summed E-state index contributed by atoms with van der Waals surface area (Å²) < 4.78 is 5.25. The van der Waals surface area contributed by atoms with Gasteiger partial charge in [0.15, 0.2) is 5.82 Å². The first-order chi connectivity index (χ1) is 12.1. The van der Waals surface area contributed by atoms with Crippen molar-refractivity contribution in [3.05, 3.63) is 23.8 Å². The molecule has 2 amide bonds. The second-order valence-corrected chi connectivity index (χ2v) is 7.83. The van der Waals surface area contributed by atoms with E-state index in [9.17, 15) is 9.59 Å². The fourth-order valence-corrected chi connectivity index (χ4v) is 2.54. The van der Waals surface area contributed by atoms with Gasteiger partial charge >= 0.3 is 6.09 Å². The average Bonchev–Trinajstić information content (AvgIpc) is 3.46. The number of aryl methyl sites for hydroxylation is 1. The Balaban J connectivity index is 0.00000117. The van der Waals surface area contributed by atoms with Crippen molar-refractivity contribution < 1.29 is 14.3 Å². The fraction of sp³-hybridized carbons (Fsp3) is 0.684. The van der Waals surface area contributed by atoms with Crippen molar-refractivity contribution in [1.29, 1.82) is 0 Å². The predicted molar refractivity (Wildman–Crippen MR) is 98.5 cm³/mol. The first kappa shape index (κ1) is 20.1. The smallest absolute Gasteiger partial charge is 0.408 e. The van der Waals surface area contributed by atoms with E-state index in [-0.39, 0.29) is 5.91 Å². The number of amides is 2. The lowest BCUT2D eigenvalue weighted by atomic mass is 10.1. The highest BCUT2D eigenvalue weighted by molar-refractivity contribution is 5.93. The van der Waals surface area contributed by atoms with E-state index in [0.29, 0.717) is 18.7 Å². The molecule has 0 spiro atoms. The summed E-state index contributed by atoms with van der Waals surface area (Å²) in [5, 5.41) is 5.76. The first-order valence-electron chi connectivity index (χ1n) is 9.27. The van der Waals surface area contributed by atoms with Crippen LogP contribution in [0.4, 0.5) is 4.79 Å². The van der Waals surface area contributed by atoms with E-state index < -0.39 is 22.8 Å². The van der Waals surface area contributed by atoms with Gasteiger partial charge in [0, 0.05) is 12.4 Å². The predicted octanol–water partition coefficient (Wildman–Crippen LogP) is 2.97. The van der Waals surface area contributed by atoms with Gasteiger partial charge in [-0.1, -0.05) is 13.8 Å². The number of carbonyl (C=O) groups excluding carboxylic acids is 2. The number of hydrogen-bond donors (Lipinski definition) is 2. The molecule has 0 saturated heterocycles. The Labute approximate surface area is 155 Å². The Kier molecular flexibility index (Phi) is 5.58. The molecule has 2 aliphatic rings. The standard InChI is InChI=1S/C17H24N4O3.C2H6/c1-11-9-18-12(19-10-11)16(5-6-16)20-13(22)17(7-8-17)21-14(23)24-15(2,3)4;1-2/h9-10H,5-8H2,1-4H3,(H,20,22)(H,21,23);1-2H3. The number of carbonyl (C=O) groups is 2. The summed E-state index contributed by atoms with van der Waals surface area (Å²) >= 11 is 0. The van der Waals surface area contributed by atoms with E-state index in [0.717, 1.165) is 18.4 Å². The topological polar surface area (TPSA) is 93.2 Å². The van der Waals surface area contributed by atoms with Gasteiger partial charge in [-0.2, -0.15) is 0 Å². The van der Waals surface area contributed by atoms with Crippen LogP contribution in [0.3, 0.4) is 0 Å². The molecule has 26 heavy (non-hydrogen) atoms. The van der Waals surface area contributed by atoms with Crippen LogP contribution in [0.1, 0.15) is 71.7 Å². The molecule has 1 aromatic heterocycles. The lowest BCUT2D eigenvalue weighted by Gasteiger charge is -2.24. The van der Waals surface area contributed by atoms with Gasteiger partial charge in [0.1, 0.15) is 16.7 Å². The highest BCUT2D eigenvalue weighted by atomic mass is 16.6. The third kappa shape index (κ3) is 4.71. The van der Waals surface area contributed by atoms with Crippen molar-refractivity contribution in [2.45, 2.75) is 83.9 Å². The van der Waals surface area contributed by atoms with E-state index in [1.54, 1.807) is 33.2 Å². The van der Waals surface area contributed by atoms with Crippen LogP contribution in [0, 0.1) is 6.92 Å². The number of rotatable bonds is 4. The Morgan fingerprint density at radius 3 is 2.00 bits per heavy atom. The molecule has 0 aliphatic heterocycles. The summed E-state index contributed by atoms with van der Waals surface area (Å²) in [4.78, 5) is 33.3. The molecule has 144 valence electrons. The molecule has 1 heterocycles. The molecule has 2 saturated carbocycles. The molecule has 7 nitrogen and oxygen atoms in total. The van der Waals surface area contributed by atoms with Gasteiger partial charge in [0.05, 0.1) is 0 Å². The van der Waals surface area contributed by atoms with E-state index in [1.165, 1.54) is 0 Å². The van der Waals surface area contributed by atoms with Crippen LogP contribution in [0.2, 0.25) is 0 Å². The molecule has 2 N–H and O–H groups in total. The molecule has 2 aliphatic carbocycles. The molecule has 0 aromatic carbocycles. The van der Waals surface area contributed by atoms with Gasteiger partial charge in [-0.05, 0) is 58.9 Å². The second-order valence-electron chi connectivity index (χ2n) is 7.83. The summed E-state index contributed by atoms with van der Waals surface area (Å²) in [7, 11) is 0. The maximum absolute atomic E-state index is 12.7. The molecule has 3 rings (SSSR count). The Bertz CT molecular complexity index is 656. The highest BCUT2D eigenvalue weighted by Gasteiger charge is 2.57. The van der Waals surface area contributed by atoms with Gasteiger partial charge in [-0.15, -0.1) is 0 Å². The van der Waals surface area contributed by atoms with Crippen LogP contribution < -0.4 is 10.6 Å². The van der Waals surface area contributed by atoms with Crippen LogP contribution in [-0.2, 0) is 15.1 Å². The van der Waals surface area contributed by atoms with Crippen molar-refractivity contribution in [3.63, 3.8) is 0 Å². The number of nitrogens with zero attached hydrogens (tertiary/aromatic N) is 2. The Morgan fingerprint density at radius 1 is 1.04 bits per heavy atom. The van der Waals surface area contributed by atoms with Gasteiger partial charge in [-0.25, -0.2) is 14.8 Å². The summed E-state index contributed by atoms with van der Waals surface area (Å²) in [5.74, 6) is 0.449. The van der Waals surface area contributed by atoms with Gasteiger partial charge in [0.25, 0.3) is 0 Å². The number of aromatic nitrogens is 2. The van der Waals surface area contributed by atoms with E-state index in [1.807, 2.05) is 20.8 Å². The summed E-state index contributed by atoms with van der Waals surface area (Å²) in [5.41, 5.74) is -0.964. The maximum Gasteiger partial charge on any atom is 0.408 e. The van der Waals surface area contributed by atoms with Crippen molar-refractivity contribution in [3.8, 4) is 0 Å². The molecular weight excluding hydrogens is 332 g/mol. The van der Waals surface area contributed by atoms with Crippen molar-refractivity contribution in [1.82, 2.24) is 20.6 Å². The highest BCUT2D eigenvalue weighted by Crippen LogP contribution is 2.46. The monoisotopic (exact) mass is 362 g/mol. The van der Waals surface area contributed by atoms with Crippen LogP contribution in [0.15, 0.2) is 12.4 Å². The normalized spacial score (nSPS) is 18.7. The minimum atomic E-state index is -0.859. The third-order valence-corrected chi connectivity index (χ3v) is 4.24. The van der Waals surface area contributed by atoms with Crippen LogP contribution in [0.5, 0.6) is 0 Å². The number of ether oxygens (including phenoxy) is 1.